The molecule has 0 saturated heterocycles. The Morgan fingerprint density at radius 1 is 0.644 bits per heavy atom. The predicted octanol–water partition coefficient (Wildman–Crippen LogP) is 11.7. The van der Waals surface area contributed by atoms with Gasteiger partial charge in [-0.2, -0.15) is 17.6 Å². The van der Waals surface area contributed by atoms with E-state index >= 15 is 0 Å². The van der Waals surface area contributed by atoms with Gasteiger partial charge in [0, 0.05) is 5.88 Å². The monoisotopic (exact) mass is 838 g/mol. The smallest absolute Gasteiger partial charge is 0.387 e. The van der Waals surface area contributed by atoms with Crippen LogP contribution in [0.3, 0.4) is 0 Å². The lowest BCUT2D eigenvalue weighted by molar-refractivity contribution is -0.0505. The van der Waals surface area contributed by atoms with Crippen LogP contribution in [0.25, 0.3) is 22.3 Å². The van der Waals surface area contributed by atoms with E-state index in [1.807, 2.05) is 24.3 Å². The number of carbonyl (C=O) groups is 1. The van der Waals surface area contributed by atoms with Gasteiger partial charge in [0.05, 0.1) is 6.04 Å². The van der Waals surface area contributed by atoms with E-state index in [0.717, 1.165) is 52.1 Å². The number of ether oxygens (including phenoxy) is 3. The third-order valence-electron chi connectivity index (χ3n) is 8.91. The van der Waals surface area contributed by atoms with Gasteiger partial charge >= 0.3 is 13.2 Å². The van der Waals surface area contributed by atoms with Crippen LogP contribution in [0.15, 0.2) is 138 Å². The van der Waals surface area contributed by atoms with Crippen LogP contribution in [-0.2, 0) is 4.74 Å². The van der Waals surface area contributed by atoms with E-state index in [-0.39, 0.29) is 41.5 Å². The molecule has 0 aliphatic carbocycles. The molecule has 6 nitrogen and oxygen atoms in total. The largest absolute Gasteiger partial charge is 0.475 e. The van der Waals surface area contributed by atoms with Crippen LogP contribution in [0.1, 0.15) is 39.1 Å². The molecule has 0 spiro atoms. The van der Waals surface area contributed by atoms with E-state index < -0.39 is 54.0 Å². The maximum Gasteiger partial charge on any atom is 0.387 e. The molecule has 7 rings (SSSR count). The third kappa shape index (κ3) is 10.8. The van der Waals surface area contributed by atoms with Crippen molar-refractivity contribution in [3.05, 3.63) is 179 Å². The number of benzene rings is 6. The first kappa shape index (κ1) is 42.2. The van der Waals surface area contributed by atoms with E-state index in [0.29, 0.717) is 5.56 Å². The standard InChI is InChI=1S/C22H16ClF4NO2.C22H15F4NO2/c23-12-19(28-21(29)20-17(24)2-1-3-18(20)25)15-6-4-13(5-7-15)14-8-10-16(11-9-14)30-22(26)27;23-17-2-1-3-18(24)20(17)21-27-19(12-28-21)15-6-4-13(5-7-15)14-8-10-16(11-9-14)29-22(25)26/h1-11,19,22H,12H2,(H,28,29);1-11,19,22H,12H2. The first-order valence-electron chi connectivity index (χ1n) is 17.7. The van der Waals surface area contributed by atoms with Crippen molar-refractivity contribution in [2.75, 3.05) is 12.5 Å². The fourth-order valence-corrected chi connectivity index (χ4v) is 6.26. The molecule has 6 aromatic carbocycles. The summed E-state index contributed by atoms with van der Waals surface area (Å²) in [6.45, 7) is -5.57. The van der Waals surface area contributed by atoms with Gasteiger partial charge in [0.15, 0.2) is 0 Å². The number of hydrogen-bond acceptors (Lipinski definition) is 5. The van der Waals surface area contributed by atoms with Crippen molar-refractivity contribution in [3.63, 3.8) is 0 Å². The Bertz CT molecular complexity index is 2340. The van der Waals surface area contributed by atoms with Crippen molar-refractivity contribution in [2.24, 2.45) is 4.99 Å². The molecule has 0 saturated carbocycles. The van der Waals surface area contributed by atoms with Gasteiger partial charge in [-0.15, -0.1) is 11.6 Å². The van der Waals surface area contributed by atoms with Gasteiger partial charge in [0.25, 0.3) is 5.91 Å². The number of nitrogens with one attached hydrogen (secondary N) is 1. The normalized spacial score (nSPS) is 13.9. The second-order valence-corrected chi connectivity index (χ2v) is 13.0. The summed E-state index contributed by atoms with van der Waals surface area (Å²) in [5.41, 5.74) is 3.80. The second kappa shape index (κ2) is 19.4. The average molecular weight is 839 g/mol. The molecule has 0 bridgehead atoms. The fourth-order valence-electron chi connectivity index (χ4n) is 6.00. The zero-order valence-corrected chi connectivity index (χ0v) is 31.2. The molecule has 0 aromatic heterocycles. The topological polar surface area (TPSA) is 69.2 Å². The average Bonchev–Trinajstić information content (AvgIpc) is 3.70. The molecule has 2 unspecified atom stereocenters. The van der Waals surface area contributed by atoms with Crippen LogP contribution in [0.2, 0.25) is 0 Å². The van der Waals surface area contributed by atoms with Gasteiger partial charge in [-0.05, 0) is 81.9 Å². The SMILES string of the molecule is Fc1cccc(F)c1C1=NC(c2ccc(-c3ccc(OC(F)F)cc3)cc2)CO1.O=C(NC(CCl)c1ccc(-c2ccc(OC(F)F)cc2)cc1)c1c(F)cccc1F. The van der Waals surface area contributed by atoms with Gasteiger partial charge in [0.1, 0.15) is 58.5 Å². The molecule has 1 N–H and O–H groups in total. The highest BCUT2D eigenvalue weighted by Gasteiger charge is 2.26. The Kier molecular flexibility index (Phi) is 13.8. The number of nitrogens with zero attached hydrogens (tertiary/aromatic N) is 1. The van der Waals surface area contributed by atoms with Gasteiger partial charge < -0.3 is 19.5 Å². The number of carbonyl (C=O) groups excluding carboxylic acids is 1. The lowest BCUT2D eigenvalue weighted by Gasteiger charge is -2.17. The third-order valence-corrected chi connectivity index (χ3v) is 9.22. The van der Waals surface area contributed by atoms with Crippen LogP contribution in [0.4, 0.5) is 35.1 Å². The molecule has 1 aliphatic rings. The number of amides is 1. The lowest BCUT2D eigenvalue weighted by Crippen LogP contribution is -2.31. The Hall–Kier alpha value is -6.41. The number of hydrogen-bond donors (Lipinski definition) is 1. The van der Waals surface area contributed by atoms with E-state index in [9.17, 15) is 39.9 Å². The predicted molar refractivity (Wildman–Crippen MR) is 206 cm³/mol. The number of alkyl halides is 5. The minimum atomic E-state index is -2.89. The van der Waals surface area contributed by atoms with Crippen molar-refractivity contribution in [1.29, 1.82) is 0 Å². The molecule has 0 fully saturated rings. The molecule has 6 aromatic rings. The molecular formula is C44H31ClF8N2O4. The van der Waals surface area contributed by atoms with Crippen molar-refractivity contribution < 1.29 is 54.1 Å². The summed E-state index contributed by atoms with van der Waals surface area (Å²) in [6.07, 6.45) is 0. The van der Waals surface area contributed by atoms with E-state index in [1.54, 1.807) is 48.5 Å². The summed E-state index contributed by atoms with van der Waals surface area (Å²) in [5.74, 6) is -4.20. The number of halogens is 9. The van der Waals surface area contributed by atoms with Crippen molar-refractivity contribution in [3.8, 4) is 33.8 Å². The summed E-state index contributed by atoms with van der Waals surface area (Å²) in [4.78, 5) is 16.6. The number of rotatable bonds is 12. The van der Waals surface area contributed by atoms with Gasteiger partial charge in [0.2, 0.25) is 5.90 Å². The highest BCUT2D eigenvalue weighted by molar-refractivity contribution is 6.18. The summed E-state index contributed by atoms with van der Waals surface area (Å²) in [7, 11) is 0. The van der Waals surface area contributed by atoms with Crippen LogP contribution in [0, 0.1) is 23.3 Å². The molecule has 1 aliphatic heterocycles. The van der Waals surface area contributed by atoms with Crippen LogP contribution in [-0.4, -0.2) is 37.5 Å². The van der Waals surface area contributed by atoms with Gasteiger partial charge in [-0.25, -0.2) is 22.6 Å². The van der Waals surface area contributed by atoms with Gasteiger partial charge in [-0.3, -0.25) is 4.79 Å². The van der Waals surface area contributed by atoms with Crippen molar-refractivity contribution >= 4 is 23.4 Å². The van der Waals surface area contributed by atoms with Crippen molar-refractivity contribution in [2.45, 2.75) is 25.3 Å². The zero-order chi connectivity index (χ0) is 42.1. The van der Waals surface area contributed by atoms with Crippen LogP contribution in [0.5, 0.6) is 11.5 Å². The number of aliphatic imine (C=N–C) groups is 1. The highest BCUT2D eigenvalue weighted by Crippen LogP contribution is 2.30. The minimum Gasteiger partial charge on any atom is -0.475 e. The Labute approximate surface area is 337 Å². The summed E-state index contributed by atoms with van der Waals surface area (Å²) < 4.78 is 118. The molecule has 15 heteroatoms. The molecule has 1 amide bonds. The molecule has 1 heterocycles. The van der Waals surface area contributed by atoms with Crippen molar-refractivity contribution in [1.82, 2.24) is 5.32 Å². The Morgan fingerprint density at radius 3 is 1.51 bits per heavy atom. The Balaban J connectivity index is 0.000000198. The van der Waals surface area contributed by atoms with E-state index in [2.05, 4.69) is 19.8 Å². The van der Waals surface area contributed by atoms with Crippen LogP contribution >= 0.6 is 11.6 Å². The Morgan fingerprint density at radius 2 is 1.07 bits per heavy atom. The molecule has 304 valence electrons. The molecule has 2 atom stereocenters. The zero-order valence-electron chi connectivity index (χ0n) is 30.4. The second-order valence-electron chi connectivity index (χ2n) is 12.7. The molecule has 0 radical (unpaired) electrons. The summed E-state index contributed by atoms with van der Waals surface area (Å²) >= 11 is 5.95. The maximum atomic E-state index is 13.9. The van der Waals surface area contributed by atoms with E-state index in [1.165, 1.54) is 36.4 Å². The molecular weight excluding hydrogens is 808 g/mol. The fraction of sp³-hybridized carbons (Fsp3) is 0.136. The van der Waals surface area contributed by atoms with Gasteiger partial charge in [-0.1, -0.05) is 84.9 Å². The quantitative estimate of drug-likeness (QED) is 0.0984. The minimum absolute atomic E-state index is 0.0131. The summed E-state index contributed by atoms with van der Waals surface area (Å²) in [5, 5.41) is 2.53. The first-order chi connectivity index (χ1) is 28.4. The maximum absolute atomic E-state index is 13.9. The van der Waals surface area contributed by atoms with Crippen LogP contribution < -0.4 is 14.8 Å². The highest BCUT2D eigenvalue weighted by atomic mass is 35.5. The van der Waals surface area contributed by atoms with E-state index in [4.69, 9.17) is 16.3 Å². The lowest BCUT2D eigenvalue weighted by atomic mass is 10.0. The molecule has 59 heavy (non-hydrogen) atoms. The first-order valence-corrected chi connectivity index (χ1v) is 18.2. The summed E-state index contributed by atoms with van der Waals surface area (Å²) in [6, 6.07) is 32.5.